The number of aliphatic hydroxyl groups is 1. The summed E-state index contributed by atoms with van der Waals surface area (Å²) in [6, 6.07) is 2.61. The molecule has 0 saturated heterocycles. The van der Waals surface area contributed by atoms with E-state index in [1.54, 1.807) is 11.3 Å². The van der Waals surface area contributed by atoms with Crippen LogP contribution in [0.15, 0.2) is 16.8 Å². The summed E-state index contributed by atoms with van der Waals surface area (Å²) in [4.78, 5) is 0. The van der Waals surface area contributed by atoms with Crippen LogP contribution in [0.5, 0.6) is 0 Å². The summed E-state index contributed by atoms with van der Waals surface area (Å²) < 4.78 is 0. The highest BCUT2D eigenvalue weighted by Gasteiger charge is 2.19. The van der Waals surface area contributed by atoms with Crippen LogP contribution in [0, 0.1) is 0 Å². The Bertz CT molecular complexity index is 269. The lowest BCUT2D eigenvalue weighted by atomic mass is 9.98. The molecule has 1 unspecified atom stereocenters. The number of hydrogen-bond donors (Lipinski definition) is 2. The molecule has 1 heterocycles. The zero-order chi connectivity index (χ0) is 11.3. The Kier molecular flexibility index (Phi) is 4.77. The van der Waals surface area contributed by atoms with Crippen molar-refractivity contribution in [1.29, 1.82) is 0 Å². The quantitative estimate of drug-likeness (QED) is 0.782. The second-order valence-corrected chi connectivity index (χ2v) is 5.52. The lowest BCUT2D eigenvalue weighted by Crippen LogP contribution is -2.46. The van der Waals surface area contributed by atoms with Crippen molar-refractivity contribution >= 4 is 11.3 Å². The van der Waals surface area contributed by atoms with Crippen LogP contribution >= 0.6 is 11.3 Å². The molecule has 0 fully saturated rings. The van der Waals surface area contributed by atoms with Crippen molar-refractivity contribution in [2.75, 3.05) is 6.61 Å². The van der Waals surface area contributed by atoms with Gasteiger partial charge in [-0.2, -0.15) is 11.3 Å². The van der Waals surface area contributed by atoms with Gasteiger partial charge in [-0.1, -0.05) is 0 Å². The second-order valence-electron chi connectivity index (χ2n) is 4.74. The summed E-state index contributed by atoms with van der Waals surface area (Å²) in [6.45, 7) is 6.70. The number of rotatable bonds is 6. The smallest absolute Gasteiger partial charge is 0.0448 e. The summed E-state index contributed by atoms with van der Waals surface area (Å²) in [6.07, 6.45) is 1.85. The zero-order valence-corrected chi connectivity index (χ0v) is 10.6. The van der Waals surface area contributed by atoms with Crippen molar-refractivity contribution in [3.63, 3.8) is 0 Å². The van der Waals surface area contributed by atoms with Gasteiger partial charge < -0.3 is 10.4 Å². The Hall–Kier alpha value is -0.380. The average molecular weight is 227 g/mol. The number of aliphatic hydroxyl groups excluding tert-OH is 1. The molecule has 1 atom stereocenters. The van der Waals surface area contributed by atoms with Gasteiger partial charge in [0, 0.05) is 18.2 Å². The van der Waals surface area contributed by atoms with E-state index in [0.717, 1.165) is 12.8 Å². The highest BCUT2D eigenvalue weighted by atomic mass is 32.1. The maximum atomic E-state index is 8.93. The molecular formula is C12H21NOS. The molecule has 0 spiro atoms. The predicted molar refractivity (Wildman–Crippen MR) is 66.4 cm³/mol. The Morgan fingerprint density at radius 1 is 1.53 bits per heavy atom. The minimum atomic E-state index is 0.0180. The molecule has 2 nitrogen and oxygen atoms in total. The molecule has 2 N–H and O–H groups in total. The van der Waals surface area contributed by atoms with Gasteiger partial charge in [-0.05, 0) is 56.0 Å². The molecule has 0 aromatic carbocycles. The Labute approximate surface area is 96.3 Å². The molecule has 0 amide bonds. The minimum absolute atomic E-state index is 0.0180. The van der Waals surface area contributed by atoms with E-state index < -0.39 is 0 Å². The lowest BCUT2D eigenvalue weighted by Gasteiger charge is -2.29. The summed E-state index contributed by atoms with van der Waals surface area (Å²) in [5.41, 5.74) is 1.41. The van der Waals surface area contributed by atoms with E-state index in [9.17, 15) is 0 Å². The molecule has 0 radical (unpaired) electrons. The van der Waals surface area contributed by atoms with Gasteiger partial charge in [-0.25, -0.2) is 0 Å². The minimum Gasteiger partial charge on any atom is -0.396 e. The van der Waals surface area contributed by atoms with Gasteiger partial charge in [0.15, 0.2) is 0 Å². The van der Waals surface area contributed by atoms with Crippen LogP contribution in [-0.4, -0.2) is 23.3 Å². The molecule has 15 heavy (non-hydrogen) atoms. The van der Waals surface area contributed by atoms with E-state index in [4.69, 9.17) is 5.11 Å². The topological polar surface area (TPSA) is 32.3 Å². The molecule has 0 aliphatic rings. The summed E-state index contributed by atoms with van der Waals surface area (Å²) >= 11 is 1.74. The van der Waals surface area contributed by atoms with Gasteiger partial charge in [0.2, 0.25) is 0 Å². The molecule has 0 bridgehead atoms. The summed E-state index contributed by atoms with van der Waals surface area (Å²) in [7, 11) is 0. The Morgan fingerprint density at radius 3 is 2.80 bits per heavy atom. The number of hydrogen-bond acceptors (Lipinski definition) is 3. The Morgan fingerprint density at radius 2 is 2.27 bits per heavy atom. The van der Waals surface area contributed by atoms with E-state index in [-0.39, 0.29) is 12.1 Å². The molecule has 86 valence electrons. The van der Waals surface area contributed by atoms with Crippen molar-refractivity contribution in [3.05, 3.63) is 22.4 Å². The summed E-state index contributed by atoms with van der Waals surface area (Å²) in [5, 5.41) is 16.8. The normalized spacial score (nSPS) is 14.1. The van der Waals surface area contributed by atoms with Crippen molar-refractivity contribution in [1.82, 2.24) is 5.32 Å². The van der Waals surface area contributed by atoms with Crippen molar-refractivity contribution < 1.29 is 5.11 Å². The van der Waals surface area contributed by atoms with E-state index >= 15 is 0 Å². The van der Waals surface area contributed by atoms with Crippen LogP contribution in [0.3, 0.4) is 0 Å². The van der Waals surface area contributed by atoms with Crippen LogP contribution in [0.4, 0.5) is 0 Å². The van der Waals surface area contributed by atoms with Gasteiger partial charge in [0.1, 0.15) is 0 Å². The van der Waals surface area contributed by atoms with Gasteiger partial charge >= 0.3 is 0 Å². The van der Waals surface area contributed by atoms with Crippen LogP contribution in [0.1, 0.15) is 32.8 Å². The van der Waals surface area contributed by atoms with Crippen LogP contribution < -0.4 is 5.32 Å². The van der Waals surface area contributed by atoms with E-state index in [2.05, 4.69) is 42.9 Å². The van der Waals surface area contributed by atoms with Gasteiger partial charge in [-0.15, -0.1) is 0 Å². The number of nitrogens with one attached hydrogen (secondary N) is 1. The maximum absolute atomic E-state index is 8.93. The fourth-order valence-electron chi connectivity index (χ4n) is 1.83. The monoisotopic (exact) mass is 227 g/mol. The van der Waals surface area contributed by atoms with Crippen LogP contribution in [0.25, 0.3) is 0 Å². The average Bonchev–Trinajstić information content (AvgIpc) is 2.54. The van der Waals surface area contributed by atoms with Crippen molar-refractivity contribution in [3.8, 4) is 0 Å². The van der Waals surface area contributed by atoms with Crippen molar-refractivity contribution in [2.45, 2.75) is 45.2 Å². The first-order valence-corrected chi connectivity index (χ1v) is 6.37. The van der Waals surface area contributed by atoms with E-state index in [1.165, 1.54) is 5.56 Å². The molecular weight excluding hydrogens is 206 g/mol. The molecule has 1 aromatic heterocycles. The molecule has 3 heteroatoms. The highest BCUT2D eigenvalue weighted by Crippen LogP contribution is 2.13. The van der Waals surface area contributed by atoms with E-state index in [0.29, 0.717) is 6.04 Å². The SMILES string of the molecule is CC(Cc1ccsc1)NC(C)(C)CCO. The van der Waals surface area contributed by atoms with Gasteiger partial charge in [-0.3, -0.25) is 0 Å². The fourth-order valence-corrected chi connectivity index (χ4v) is 2.51. The maximum Gasteiger partial charge on any atom is 0.0448 e. The standard InChI is InChI=1S/C12H21NOS/c1-10(8-11-4-7-15-9-11)13-12(2,3)5-6-14/h4,7,9-10,13-14H,5-6,8H2,1-3H3. The van der Waals surface area contributed by atoms with E-state index in [1.807, 2.05) is 0 Å². The van der Waals surface area contributed by atoms with Crippen LogP contribution in [-0.2, 0) is 6.42 Å². The first kappa shape index (κ1) is 12.7. The molecule has 1 rings (SSSR count). The fraction of sp³-hybridized carbons (Fsp3) is 0.667. The highest BCUT2D eigenvalue weighted by molar-refractivity contribution is 7.07. The molecule has 0 aliphatic carbocycles. The van der Waals surface area contributed by atoms with Crippen molar-refractivity contribution in [2.24, 2.45) is 0 Å². The first-order chi connectivity index (χ1) is 7.03. The largest absolute Gasteiger partial charge is 0.396 e. The Balaban J connectivity index is 2.38. The zero-order valence-electron chi connectivity index (χ0n) is 9.79. The molecule has 0 aliphatic heterocycles. The first-order valence-electron chi connectivity index (χ1n) is 5.43. The second kappa shape index (κ2) is 5.64. The third-order valence-corrected chi connectivity index (χ3v) is 3.23. The van der Waals surface area contributed by atoms with Gasteiger partial charge in [0.25, 0.3) is 0 Å². The number of thiophene rings is 1. The van der Waals surface area contributed by atoms with Gasteiger partial charge in [0.05, 0.1) is 0 Å². The third-order valence-electron chi connectivity index (χ3n) is 2.50. The third kappa shape index (κ3) is 4.78. The lowest BCUT2D eigenvalue weighted by molar-refractivity contribution is 0.221. The molecule has 1 aromatic rings. The van der Waals surface area contributed by atoms with Crippen LogP contribution in [0.2, 0.25) is 0 Å². The predicted octanol–water partition coefficient (Wildman–Crippen LogP) is 2.43. The summed E-state index contributed by atoms with van der Waals surface area (Å²) in [5.74, 6) is 0. The molecule has 0 saturated carbocycles.